The Kier molecular flexibility index (Phi) is 3.65. The van der Waals surface area contributed by atoms with E-state index in [9.17, 15) is 4.79 Å². The molecular weight excluding hydrogens is 310 g/mol. The lowest BCUT2D eigenvalue weighted by atomic mass is 9.93. The highest BCUT2D eigenvalue weighted by atomic mass is 16.2. The Bertz CT molecular complexity index is 789. The fraction of sp³-hybridized carbons (Fsp3) is 0.524. The average molecular weight is 335 g/mol. The first kappa shape index (κ1) is 15.2. The summed E-state index contributed by atoms with van der Waals surface area (Å²) in [7, 11) is 0. The van der Waals surface area contributed by atoms with Gasteiger partial charge in [-0.3, -0.25) is 4.79 Å². The third-order valence-electron chi connectivity index (χ3n) is 6.34. The summed E-state index contributed by atoms with van der Waals surface area (Å²) in [6, 6.07) is 10.6. The second-order valence-electron chi connectivity index (χ2n) is 7.91. The Morgan fingerprint density at radius 1 is 1.00 bits per heavy atom. The van der Waals surface area contributed by atoms with Crippen molar-refractivity contribution >= 4 is 5.91 Å². The molecule has 4 nitrogen and oxygen atoms in total. The van der Waals surface area contributed by atoms with Gasteiger partial charge in [-0.1, -0.05) is 37.5 Å². The van der Waals surface area contributed by atoms with E-state index < -0.39 is 0 Å². The van der Waals surface area contributed by atoms with Crippen LogP contribution in [0.5, 0.6) is 0 Å². The van der Waals surface area contributed by atoms with Crippen LogP contribution in [-0.4, -0.2) is 21.7 Å². The predicted molar refractivity (Wildman–Crippen MR) is 97.2 cm³/mol. The van der Waals surface area contributed by atoms with E-state index in [1.165, 1.54) is 49.8 Å². The minimum Gasteiger partial charge on any atom is -0.348 e. The maximum Gasteiger partial charge on any atom is 0.272 e. The second-order valence-corrected chi connectivity index (χ2v) is 7.91. The molecule has 2 unspecified atom stereocenters. The van der Waals surface area contributed by atoms with Crippen molar-refractivity contribution in [3.05, 3.63) is 47.3 Å². The van der Waals surface area contributed by atoms with Gasteiger partial charge in [-0.2, -0.15) is 5.10 Å². The molecular formula is C21H25N3O. The van der Waals surface area contributed by atoms with Gasteiger partial charge in [0, 0.05) is 17.5 Å². The summed E-state index contributed by atoms with van der Waals surface area (Å²) in [4.78, 5) is 13.0. The van der Waals surface area contributed by atoms with Crippen molar-refractivity contribution in [1.29, 1.82) is 0 Å². The van der Waals surface area contributed by atoms with Crippen LogP contribution in [0.1, 0.15) is 84.9 Å². The van der Waals surface area contributed by atoms with Crippen LogP contribution in [0.15, 0.2) is 30.3 Å². The summed E-state index contributed by atoms with van der Waals surface area (Å²) in [5, 5.41) is 8.09. The number of hydrogen-bond acceptors (Lipinski definition) is 2. The molecule has 2 bridgehead atoms. The molecule has 1 aromatic heterocycles. The van der Waals surface area contributed by atoms with Crippen LogP contribution in [0, 0.1) is 0 Å². The number of aromatic nitrogens is 2. The van der Waals surface area contributed by atoms with Gasteiger partial charge in [0.2, 0.25) is 0 Å². The zero-order valence-electron chi connectivity index (χ0n) is 14.6. The fourth-order valence-corrected chi connectivity index (χ4v) is 5.16. The molecule has 3 aliphatic carbocycles. The highest BCUT2D eigenvalue weighted by Crippen LogP contribution is 2.54. The molecule has 25 heavy (non-hydrogen) atoms. The van der Waals surface area contributed by atoms with Crippen molar-refractivity contribution in [2.24, 2.45) is 0 Å². The summed E-state index contributed by atoms with van der Waals surface area (Å²) >= 11 is 0. The van der Waals surface area contributed by atoms with Crippen molar-refractivity contribution in [3.8, 4) is 5.69 Å². The molecule has 2 saturated carbocycles. The van der Waals surface area contributed by atoms with Gasteiger partial charge in [0.25, 0.3) is 5.91 Å². The Morgan fingerprint density at radius 3 is 2.56 bits per heavy atom. The number of nitrogens with one attached hydrogen (secondary N) is 1. The SMILES string of the molecule is O=C(NC1CCCCC1)c1nn(-c2ccccc2)c2c1C1CCC2C1. The molecule has 3 aliphatic rings. The number of hydrogen-bond donors (Lipinski definition) is 1. The number of carbonyl (C=O) groups is 1. The zero-order valence-corrected chi connectivity index (χ0v) is 14.6. The van der Waals surface area contributed by atoms with E-state index in [0.717, 1.165) is 18.5 Å². The highest BCUT2D eigenvalue weighted by molar-refractivity contribution is 5.95. The molecule has 2 atom stereocenters. The average Bonchev–Trinajstić information content (AvgIpc) is 3.36. The second kappa shape index (κ2) is 6.01. The molecule has 0 aliphatic heterocycles. The molecule has 2 aromatic rings. The molecule has 130 valence electrons. The molecule has 0 spiro atoms. The summed E-state index contributed by atoms with van der Waals surface area (Å²) in [5.74, 6) is 1.15. The number of carbonyl (C=O) groups excluding carboxylic acids is 1. The van der Waals surface area contributed by atoms with Crippen molar-refractivity contribution in [2.75, 3.05) is 0 Å². The topological polar surface area (TPSA) is 46.9 Å². The third kappa shape index (κ3) is 2.50. The fourth-order valence-electron chi connectivity index (χ4n) is 5.16. The monoisotopic (exact) mass is 335 g/mol. The number of benzene rings is 1. The van der Waals surface area contributed by atoms with Crippen LogP contribution >= 0.6 is 0 Å². The Hall–Kier alpha value is -2.10. The first-order valence-corrected chi connectivity index (χ1v) is 9.80. The van der Waals surface area contributed by atoms with Gasteiger partial charge in [0.15, 0.2) is 5.69 Å². The van der Waals surface area contributed by atoms with Crippen molar-refractivity contribution in [3.63, 3.8) is 0 Å². The van der Waals surface area contributed by atoms with Crippen LogP contribution in [0.2, 0.25) is 0 Å². The van der Waals surface area contributed by atoms with E-state index >= 15 is 0 Å². The van der Waals surface area contributed by atoms with E-state index in [1.54, 1.807) is 0 Å². The maximum atomic E-state index is 13.0. The third-order valence-corrected chi connectivity index (χ3v) is 6.34. The van der Waals surface area contributed by atoms with E-state index in [0.29, 0.717) is 23.6 Å². The Morgan fingerprint density at radius 2 is 1.76 bits per heavy atom. The van der Waals surface area contributed by atoms with Gasteiger partial charge in [0.05, 0.1) is 11.4 Å². The van der Waals surface area contributed by atoms with E-state index in [-0.39, 0.29) is 5.91 Å². The number of fused-ring (bicyclic) bond motifs is 5. The summed E-state index contributed by atoms with van der Waals surface area (Å²) in [6.45, 7) is 0. The van der Waals surface area contributed by atoms with Crippen LogP contribution in [0.25, 0.3) is 5.69 Å². The molecule has 2 fully saturated rings. The Balaban J connectivity index is 1.52. The molecule has 1 aromatic carbocycles. The van der Waals surface area contributed by atoms with Gasteiger partial charge < -0.3 is 5.32 Å². The molecule has 0 saturated heterocycles. The van der Waals surface area contributed by atoms with E-state index in [4.69, 9.17) is 5.10 Å². The molecule has 5 rings (SSSR count). The zero-order chi connectivity index (χ0) is 16.8. The van der Waals surface area contributed by atoms with E-state index in [1.807, 2.05) is 18.2 Å². The maximum absolute atomic E-state index is 13.0. The smallest absolute Gasteiger partial charge is 0.272 e. The predicted octanol–water partition coefficient (Wildman–Crippen LogP) is 4.30. The van der Waals surface area contributed by atoms with Crippen LogP contribution in [0.4, 0.5) is 0 Å². The summed E-state index contributed by atoms with van der Waals surface area (Å²) in [5.41, 5.74) is 4.31. The normalized spacial score (nSPS) is 25.1. The first-order chi connectivity index (χ1) is 12.3. The quantitative estimate of drug-likeness (QED) is 0.909. The standard InChI is InChI=1S/C21H25N3O/c25-21(22-16-7-3-1-4-8-16)19-18-14-11-12-15(13-14)20(18)24(23-19)17-9-5-2-6-10-17/h2,5-6,9-10,14-16H,1,3-4,7-8,11-13H2,(H,22,25). The van der Waals surface area contributed by atoms with Crippen molar-refractivity contribution in [1.82, 2.24) is 15.1 Å². The lowest BCUT2D eigenvalue weighted by molar-refractivity contribution is 0.0921. The minimum atomic E-state index is 0.0466. The lowest BCUT2D eigenvalue weighted by Gasteiger charge is -2.22. The number of amides is 1. The number of nitrogens with zero attached hydrogens (tertiary/aromatic N) is 2. The molecule has 1 amide bonds. The minimum absolute atomic E-state index is 0.0466. The number of para-hydroxylation sites is 1. The van der Waals surface area contributed by atoms with Gasteiger partial charge in [0.1, 0.15) is 0 Å². The van der Waals surface area contributed by atoms with Crippen LogP contribution in [-0.2, 0) is 0 Å². The van der Waals surface area contributed by atoms with Gasteiger partial charge in [-0.15, -0.1) is 0 Å². The Labute approximate surface area is 148 Å². The van der Waals surface area contributed by atoms with Crippen molar-refractivity contribution in [2.45, 2.75) is 69.2 Å². The first-order valence-electron chi connectivity index (χ1n) is 9.80. The van der Waals surface area contributed by atoms with Gasteiger partial charge >= 0.3 is 0 Å². The molecule has 0 radical (unpaired) electrons. The molecule has 4 heteroatoms. The van der Waals surface area contributed by atoms with Crippen LogP contribution < -0.4 is 5.32 Å². The number of rotatable bonds is 3. The molecule has 1 N–H and O–H groups in total. The lowest BCUT2D eigenvalue weighted by Crippen LogP contribution is -2.36. The van der Waals surface area contributed by atoms with Gasteiger partial charge in [-0.25, -0.2) is 4.68 Å². The van der Waals surface area contributed by atoms with Gasteiger partial charge in [-0.05, 0) is 50.2 Å². The molecule has 1 heterocycles. The summed E-state index contributed by atoms with van der Waals surface area (Å²) in [6.07, 6.45) is 9.62. The summed E-state index contributed by atoms with van der Waals surface area (Å²) < 4.78 is 2.05. The highest BCUT2D eigenvalue weighted by Gasteiger charge is 2.44. The largest absolute Gasteiger partial charge is 0.348 e. The van der Waals surface area contributed by atoms with E-state index in [2.05, 4.69) is 22.1 Å². The van der Waals surface area contributed by atoms with Crippen LogP contribution in [0.3, 0.4) is 0 Å². The van der Waals surface area contributed by atoms with Crippen molar-refractivity contribution < 1.29 is 4.79 Å².